The van der Waals surface area contributed by atoms with Crippen LogP contribution in [0.25, 0.3) is 0 Å². The Balaban J connectivity index is 2.46. The minimum atomic E-state index is 0.0969. The summed E-state index contributed by atoms with van der Waals surface area (Å²) in [5.41, 5.74) is 0.865. The van der Waals surface area contributed by atoms with Crippen LogP contribution in [-0.4, -0.2) is 22.9 Å². The van der Waals surface area contributed by atoms with E-state index in [0.717, 1.165) is 12.0 Å². The molecule has 0 bridgehead atoms. The van der Waals surface area contributed by atoms with Gasteiger partial charge in [0.2, 0.25) is 0 Å². The van der Waals surface area contributed by atoms with E-state index < -0.39 is 0 Å². The van der Waals surface area contributed by atoms with E-state index >= 15 is 0 Å². The van der Waals surface area contributed by atoms with Crippen molar-refractivity contribution in [2.75, 3.05) is 6.61 Å². The van der Waals surface area contributed by atoms with Gasteiger partial charge < -0.3 is 15.5 Å². The standard InChI is InChI=1S/C13H21NO2/c1-10(2)7-12(9-15)14-8-11-5-3-4-6-13(11)16/h3-6,10,12,14-16H,7-9H2,1-2H3/t12-/m0/s1. The Hall–Kier alpha value is -1.06. The van der Waals surface area contributed by atoms with Crippen LogP contribution in [0.4, 0.5) is 0 Å². The zero-order valence-corrected chi connectivity index (χ0v) is 9.98. The number of para-hydroxylation sites is 1. The lowest BCUT2D eigenvalue weighted by Gasteiger charge is -2.18. The molecule has 0 fully saturated rings. The number of nitrogens with one attached hydrogen (secondary N) is 1. The molecule has 3 heteroatoms. The first kappa shape index (κ1) is 13.0. The van der Waals surface area contributed by atoms with Gasteiger partial charge in [-0.05, 0) is 18.4 Å². The lowest BCUT2D eigenvalue weighted by atomic mass is 10.0. The minimum Gasteiger partial charge on any atom is -0.508 e. The molecule has 1 rings (SSSR count). The third-order valence-corrected chi connectivity index (χ3v) is 2.55. The van der Waals surface area contributed by atoms with Crippen LogP contribution in [-0.2, 0) is 6.54 Å². The molecule has 0 aliphatic rings. The van der Waals surface area contributed by atoms with E-state index in [1.165, 1.54) is 0 Å². The van der Waals surface area contributed by atoms with Crippen molar-refractivity contribution in [2.45, 2.75) is 32.9 Å². The van der Waals surface area contributed by atoms with Gasteiger partial charge in [-0.15, -0.1) is 0 Å². The van der Waals surface area contributed by atoms with Crippen molar-refractivity contribution in [1.82, 2.24) is 5.32 Å². The fraction of sp³-hybridized carbons (Fsp3) is 0.538. The van der Waals surface area contributed by atoms with E-state index in [4.69, 9.17) is 0 Å². The average Bonchev–Trinajstić information content (AvgIpc) is 2.25. The Morgan fingerprint density at radius 2 is 1.94 bits per heavy atom. The van der Waals surface area contributed by atoms with E-state index in [1.54, 1.807) is 12.1 Å². The van der Waals surface area contributed by atoms with Gasteiger partial charge in [0, 0.05) is 18.2 Å². The van der Waals surface area contributed by atoms with Gasteiger partial charge in [0.25, 0.3) is 0 Å². The van der Waals surface area contributed by atoms with E-state index in [-0.39, 0.29) is 12.6 Å². The van der Waals surface area contributed by atoms with E-state index in [2.05, 4.69) is 19.2 Å². The predicted octanol–water partition coefficient (Wildman–Crippen LogP) is 1.89. The summed E-state index contributed by atoms with van der Waals surface area (Å²) in [6.07, 6.45) is 0.935. The fourth-order valence-corrected chi connectivity index (χ4v) is 1.71. The van der Waals surface area contributed by atoms with Gasteiger partial charge in [-0.25, -0.2) is 0 Å². The number of benzene rings is 1. The van der Waals surface area contributed by atoms with Gasteiger partial charge in [-0.1, -0.05) is 32.0 Å². The molecule has 90 valence electrons. The largest absolute Gasteiger partial charge is 0.508 e. The van der Waals surface area contributed by atoms with Gasteiger partial charge in [0.15, 0.2) is 0 Å². The maximum atomic E-state index is 9.58. The van der Waals surface area contributed by atoms with Gasteiger partial charge in [-0.2, -0.15) is 0 Å². The third-order valence-electron chi connectivity index (χ3n) is 2.55. The molecule has 1 aromatic rings. The molecule has 0 aromatic heterocycles. The van der Waals surface area contributed by atoms with Gasteiger partial charge in [0.05, 0.1) is 6.61 Å². The van der Waals surface area contributed by atoms with Crippen LogP contribution in [0.1, 0.15) is 25.8 Å². The summed E-state index contributed by atoms with van der Waals surface area (Å²) < 4.78 is 0. The molecule has 3 nitrogen and oxygen atoms in total. The second kappa shape index (κ2) is 6.51. The molecule has 0 saturated carbocycles. The molecule has 0 aliphatic heterocycles. The molecule has 0 aliphatic carbocycles. The number of hydrogen-bond donors (Lipinski definition) is 3. The molecule has 0 saturated heterocycles. The molecular weight excluding hydrogens is 202 g/mol. The maximum absolute atomic E-state index is 9.58. The van der Waals surface area contributed by atoms with Crippen molar-refractivity contribution >= 4 is 0 Å². The number of hydrogen-bond acceptors (Lipinski definition) is 3. The molecule has 1 aromatic carbocycles. The van der Waals surface area contributed by atoms with Gasteiger partial charge in [0.1, 0.15) is 5.75 Å². The number of rotatable bonds is 6. The number of phenols is 1. The number of aromatic hydroxyl groups is 1. The Labute approximate surface area is 97.1 Å². The molecule has 0 radical (unpaired) electrons. The summed E-state index contributed by atoms with van der Waals surface area (Å²) in [6, 6.07) is 7.35. The topological polar surface area (TPSA) is 52.5 Å². The molecule has 0 heterocycles. The highest BCUT2D eigenvalue weighted by atomic mass is 16.3. The van der Waals surface area contributed by atoms with E-state index in [0.29, 0.717) is 18.2 Å². The zero-order valence-electron chi connectivity index (χ0n) is 9.98. The monoisotopic (exact) mass is 223 g/mol. The number of aliphatic hydroxyl groups excluding tert-OH is 1. The average molecular weight is 223 g/mol. The molecule has 16 heavy (non-hydrogen) atoms. The van der Waals surface area contributed by atoms with Crippen LogP contribution < -0.4 is 5.32 Å². The smallest absolute Gasteiger partial charge is 0.120 e. The molecule has 0 unspecified atom stereocenters. The summed E-state index contributed by atoms with van der Waals surface area (Å²) in [4.78, 5) is 0. The summed E-state index contributed by atoms with van der Waals surface area (Å²) in [6.45, 7) is 4.98. The van der Waals surface area contributed by atoms with Crippen molar-refractivity contribution in [3.8, 4) is 5.75 Å². The first-order valence-electron chi connectivity index (χ1n) is 5.74. The van der Waals surface area contributed by atoms with Gasteiger partial charge >= 0.3 is 0 Å². The van der Waals surface area contributed by atoms with Crippen LogP contribution in [0.3, 0.4) is 0 Å². The maximum Gasteiger partial charge on any atom is 0.120 e. The van der Waals surface area contributed by atoms with Crippen LogP contribution in [0, 0.1) is 5.92 Å². The lowest BCUT2D eigenvalue weighted by molar-refractivity contribution is 0.223. The van der Waals surface area contributed by atoms with Crippen molar-refractivity contribution in [2.24, 2.45) is 5.92 Å². The molecule has 3 N–H and O–H groups in total. The van der Waals surface area contributed by atoms with Crippen molar-refractivity contribution in [3.63, 3.8) is 0 Å². The van der Waals surface area contributed by atoms with Crippen molar-refractivity contribution in [1.29, 1.82) is 0 Å². The lowest BCUT2D eigenvalue weighted by Crippen LogP contribution is -2.33. The predicted molar refractivity (Wildman–Crippen MR) is 65.3 cm³/mol. The Bertz CT molecular complexity index is 313. The summed E-state index contributed by atoms with van der Waals surface area (Å²) in [5.74, 6) is 0.852. The highest BCUT2D eigenvalue weighted by Gasteiger charge is 2.09. The quantitative estimate of drug-likeness (QED) is 0.690. The summed E-state index contributed by atoms with van der Waals surface area (Å²) in [5, 5.41) is 22.0. The van der Waals surface area contributed by atoms with Crippen LogP contribution in [0.5, 0.6) is 5.75 Å². The molecule has 1 atom stereocenters. The fourth-order valence-electron chi connectivity index (χ4n) is 1.71. The molecular formula is C13H21NO2. The Kier molecular flexibility index (Phi) is 5.29. The van der Waals surface area contributed by atoms with Crippen molar-refractivity contribution in [3.05, 3.63) is 29.8 Å². The van der Waals surface area contributed by atoms with E-state index in [1.807, 2.05) is 12.1 Å². The second-order valence-corrected chi connectivity index (χ2v) is 4.52. The highest BCUT2D eigenvalue weighted by molar-refractivity contribution is 5.31. The first-order chi connectivity index (χ1) is 7.63. The van der Waals surface area contributed by atoms with Crippen LogP contribution >= 0.6 is 0 Å². The normalized spacial score (nSPS) is 13.0. The summed E-state index contributed by atoms with van der Waals surface area (Å²) in [7, 11) is 0. The zero-order chi connectivity index (χ0) is 12.0. The first-order valence-corrected chi connectivity index (χ1v) is 5.74. The number of aliphatic hydroxyl groups is 1. The third kappa shape index (κ3) is 4.21. The second-order valence-electron chi connectivity index (χ2n) is 4.52. The van der Waals surface area contributed by atoms with Crippen molar-refractivity contribution < 1.29 is 10.2 Å². The van der Waals surface area contributed by atoms with Gasteiger partial charge in [-0.3, -0.25) is 0 Å². The van der Waals surface area contributed by atoms with Crippen LogP contribution in [0.15, 0.2) is 24.3 Å². The SMILES string of the molecule is CC(C)C[C@@H](CO)NCc1ccccc1O. The highest BCUT2D eigenvalue weighted by Crippen LogP contribution is 2.15. The molecule has 0 amide bonds. The molecule has 0 spiro atoms. The number of phenolic OH excluding ortho intramolecular Hbond substituents is 1. The summed E-state index contributed by atoms with van der Waals surface area (Å²) >= 11 is 0. The minimum absolute atomic E-state index is 0.0969. The van der Waals surface area contributed by atoms with E-state index in [9.17, 15) is 10.2 Å². The Morgan fingerprint density at radius 1 is 1.25 bits per heavy atom. The van der Waals surface area contributed by atoms with Crippen LogP contribution in [0.2, 0.25) is 0 Å². The Morgan fingerprint density at radius 3 is 2.50 bits per heavy atom.